The monoisotopic (exact) mass is 489 g/mol. The molecule has 4 aromatic rings. The maximum absolute atomic E-state index is 11.9. The van der Waals surface area contributed by atoms with Gasteiger partial charge in [-0.05, 0) is 33.2 Å². The van der Waals surface area contributed by atoms with Gasteiger partial charge in [0.05, 0.1) is 23.4 Å². The number of nitrogens with zero attached hydrogens (tertiary/aromatic N) is 6. The van der Waals surface area contributed by atoms with Crippen LogP contribution in [-0.2, 0) is 6.54 Å². The molecule has 2 aromatic heterocycles. The Balaban J connectivity index is 1.70. The first-order valence-corrected chi connectivity index (χ1v) is 11.7. The van der Waals surface area contributed by atoms with Gasteiger partial charge in [0.15, 0.2) is 0 Å². The molecular formula is C26H31N7O3. The first-order chi connectivity index (χ1) is 17.3. The molecule has 2 aromatic carbocycles. The number of hydrogen-bond acceptors (Lipinski definition) is 8. The van der Waals surface area contributed by atoms with E-state index >= 15 is 0 Å². The van der Waals surface area contributed by atoms with Gasteiger partial charge in [-0.1, -0.05) is 18.2 Å². The van der Waals surface area contributed by atoms with Crippen molar-refractivity contribution in [2.45, 2.75) is 13.5 Å². The second-order valence-electron chi connectivity index (χ2n) is 8.76. The predicted octanol–water partition coefficient (Wildman–Crippen LogP) is 4.78. The van der Waals surface area contributed by atoms with Gasteiger partial charge in [0, 0.05) is 67.7 Å². The molecule has 36 heavy (non-hydrogen) atoms. The molecule has 0 amide bonds. The van der Waals surface area contributed by atoms with Crippen LogP contribution < -0.4 is 15.0 Å². The molecule has 2 heterocycles. The standard InChI is InChI=1S/C26H31N7O3/c1-6-32-17-19(18-9-7-8-10-22(18)32)20-11-12-27-26(28-20)29-21-15-24(33(34)35)23(16-25(21)36-5)31(4)14-13-30(2)3/h7-12,15-17H,6,13-14H2,1-5H3,(H,27,28,29). The lowest BCUT2D eigenvalue weighted by atomic mass is 10.1. The second-order valence-corrected chi connectivity index (χ2v) is 8.76. The highest BCUT2D eigenvalue weighted by molar-refractivity contribution is 5.95. The highest BCUT2D eigenvalue weighted by atomic mass is 16.6. The van der Waals surface area contributed by atoms with Gasteiger partial charge >= 0.3 is 0 Å². The van der Waals surface area contributed by atoms with E-state index in [1.165, 1.54) is 13.2 Å². The van der Waals surface area contributed by atoms with Gasteiger partial charge in [0.25, 0.3) is 5.69 Å². The maximum atomic E-state index is 11.9. The molecule has 10 nitrogen and oxygen atoms in total. The van der Waals surface area contributed by atoms with E-state index in [1.54, 1.807) is 12.3 Å². The Hall–Kier alpha value is -4.18. The summed E-state index contributed by atoms with van der Waals surface area (Å²) in [6.45, 7) is 4.32. The molecule has 0 saturated heterocycles. The Labute approximate surface area is 210 Å². The number of methoxy groups -OCH3 is 1. The predicted molar refractivity (Wildman–Crippen MR) is 143 cm³/mol. The molecule has 0 aliphatic heterocycles. The maximum Gasteiger partial charge on any atom is 0.294 e. The number of rotatable bonds is 10. The molecule has 0 bridgehead atoms. The molecule has 10 heteroatoms. The van der Waals surface area contributed by atoms with Gasteiger partial charge < -0.3 is 24.4 Å². The third-order valence-electron chi connectivity index (χ3n) is 6.09. The average Bonchev–Trinajstić information content (AvgIpc) is 3.26. The van der Waals surface area contributed by atoms with E-state index in [9.17, 15) is 10.1 Å². The van der Waals surface area contributed by atoms with Gasteiger partial charge in [-0.3, -0.25) is 10.1 Å². The number of nitrogens with one attached hydrogen (secondary N) is 1. The first kappa shape index (κ1) is 24.9. The number of para-hydroxylation sites is 1. The number of benzene rings is 2. The minimum absolute atomic E-state index is 0.0262. The summed E-state index contributed by atoms with van der Waals surface area (Å²) in [5.74, 6) is 0.783. The van der Waals surface area contributed by atoms with Gasteiger partial charge in [-0.2, -0.15) is 0 Å². The summed E-state index contributed by atoms with van der Waals surface area (Å²) < 4.78 is 7.76. The fraction of sp³-hybridized carbons (Fsp3) is 0.308. The number of aromatic nitrogens is 3. The van der Waals surface area contributed by atoms with Crippen LogP contribution in [0.4, 0.5) is 23.0 Å². The molecule has 0 aliphatic rings. The fourth-order valence-corrected chi connectivity index (χ4v) is 4.15. The van der Waals surface area contributed by atoms with Gasteiger partial charge in [-0.25, -0.2) is 9.97 Å². The number of nitro benzene ring substituents is 1. The van der Waals surface area contributed by atoms with Gasteiger partial charge in [0.1, 0.15) is 11.4 Å². The quantitative estimate of drug-likeness (QED) is 0.251. The summed E-state index contributed by atoms with van der Waals surface area (Å²) in [4.78, 5) is 24.5. The summed E-state index contributed by atoms with van der Waals surface area (Å²) in [5.41, 5.74) is 3.75. The Kier molecular flexibility index (Phi) is 7.35. The molecule has 0 atom stereocenters. The number of aryl methyl sites for hydroxylation is 1. The van der Waals surface area contributed by atoms with Gasteiger partial charge in [-0.15, -0.1) is 0 Å². The summed E-state index contributed by atoms with van der Waals surface area (Å²) >= 11 is 0. The molecule has 0 spiro atoms. The van der Waals surface area contributed by atoms with Crippen LogP contribution in [0.1, 0.15) is 6.92 Å². The summed E-state index contributed by atoms with van der Waals surface area (Å²) in [6, 6.07) is 13.2. The van der Waals surface area contributed by atoms with Crippen LogP contribution in [0.3, 0.4) is 0 Å². The molecule has 0 radical (unpaired) electrons. The van der Waals surface area contributed by atoms with E-state index < -0.39 is 0 Å². The topological polar surface area (TPSA) is 102 Å². The second kappa shape index (κ2) is 10.6. The molecule has 0 saturated carbocycles. The number of anilines is 3. The molecule has 4 rings (SSSR count). The van der Waals surface area contributed by atoms with Crippen molar-refractivity contribution in [3.05, 3.63) is 65.0 Å². The normalized spacial score (nSPS) is 11.2. The van der Waals surface area contributed by atoms with Crippen molar-refractivity contribution in [2.75, 3.05) is 51.6 Å². The number of nitro groups is 1. The lowest BCUT2D eigenvalue weighted by Gasteiger charge is -2.22. The largest absolute Gasteiger partial charge is 0.494 e. The Morgan fingerprint density at radius 3 is 2.61 bits per heavy atom. The zero-order valence-electron chi connectivity index (χ0n) is 21.2. The minimum atomic E-state index is -0.386. The van der Waals surface area contributed by atoms with E-state index in [2.05, 4.69) is 40.1 Å². The van der Waals surface area contributed by atoms with Crippen molar-refractivity contribution >= 4 is 33.9 Å². The zero-order chi connectivity index (χ0) is 25.8. The lowest BCUT2D eigenvalue weighted by molar-refractivity contribution is -0.384. The van der Waals surface area contributed by atoms with Crippen LogP contribution in [0, 0.1) is 10.1 Å². The van der Waals surface area contributed by atoms with Crippen molar-refractivity contribution in [1.29, 1.82) is 0 Å². The fourth-order valence-electron chi connectivity index (χ4n) is 4.15. The highest BCUT2D eigenvalue weighted by Crippen LogP contribution is 2.39. The smallest absolute Gasteiger partial charge is 0.294 e. The van der Waals surface area contributed by atoms with Crippen molar-refractivity contribution < 1.29 is 9.66 Å². The third-order valence-corrected chi connectivity index (χ3v) is 6.09. The summed E-state index contributed by atoms with van der Waals surface area (Å²) in [7, 11) is 7.29. The highest BCUT2D eigenvalue weighted by Gasteiger charge is 2.22. The number of ether oxygens (including phenoxy) is 1. The Bertz CT molecular complexity index is 1380. The van der Waals surface area contributed by atoms with Crippen molar-refractivity contribution in [1.82, 2.24) is 19.4 Å². The first-order valence-electron chi connectivity index (χ1n) is 11.7. The summed E-state index contributed by atoms with van der Waals surface area (Å²) in [6.07, 6.45) is 3.76. The van der Waals surface area contributed by atoms with E-state index in [-0.39, 0.29) is 10.6 Å². The Morgan fingerprint density at radius 1 is 1.14 bits per heavy atom. The van der Waals surface area contributed by atoms with E-state index in [4.69, 9.17) is 9.72 Å². The molecule has 0 aliphatic carbocycles. The minimum Gasteiger partial charge on any atom is -0.494 e. The van der Waals surface area contributed by atoms with Crippen molar-refractivity contribution in [3.63, 3.8) is 0 Å². The summed E-state index contributed by atoms with van der Waals surface area (Å²) in [5, 5.41) is 16.2. The molecule has 0 fully saturated rings. The van der Waals surface area contributed by atoms with Crippen LogP contribution in [0.5, 0.6) is 5.75 Å². The Morgan fingerprint density at radius 2 is 1.92 bits per heavy atom. The average molecular weight is 490 g/mol. The third kappa shape index (κ3) is 5.08. The number of likely N-dealkylation sites (N-methyl/N-ethyl adjacent to an activating group) is 2. The van der Waals surface area contributed by atoms with Crippen molar-refractivity contribution in [3.8, 4) is 17.0 Å². The molecule has 1 N–H and O–H groups in total. The molecular weight excluding hydrogens is 458 g/mol. The van der Waals surface area contributed by atoms with E-state index in [0.29, 0.717) is 29.6 Å². The molecule has 0 unspecified atom stereocenters. The van der Waals surface area contributed by atoms with Crippen molar-refractivity contribution in [2.24, 2.45) is 0 Å². The van der Waals surface area contributed by atoms with E-state index in [1.807, 2.05) is 49.1 Å². The van der Waals surface area contributed by atoms with Crippen LogP contribution in [0.2, 0.25) is 0 Å². The number of fused-ring (bicyclic) bond motifs is 1. The number of hydrogen-bond donors (Lipinski definition) is 1. The van der Waals surface area contributed by atoms with E-state index in [0.717, 1.165) is 35.2 Å². The molecule has 188 valence electrons. The zero-order valence-corrected chi connectivity index (χ0v) is 21.2. The van der Waals surface area contributed by atoms with Crippen LogP contribution in [0.15, 0.2) is 54.9 Å². The van der Waals surface area contributed by atoms with Crippen LogP contribution in [0.25, 0.3) is 22.2 Å². The van der Waals surface area contributed by atoms with Crippen LogP contribution >= 0.6 is 0 Å². The van der Waals surface area contributed by atoms with Gasteiger partial charge in [0.2, 0.25) is 5.95 Å². The SMILES string of the molecule is CCn1cc(-c2ccnc(Nc3cc([N+](=O)[O-])c(N(C)CCN(C)C)cc3OC)n2)c2ccccc21. The lowest BCUT2D eigenvalue weighted by Crippen LogP contribution is -2.28. The van der Waals surface area contributed by atoms with Crippen LogP contribution in [-0.4, -0.2) is 65.7 Å².